The molecule has 0 aliphatic heterocycles. The molecule has 0 heterocycles. The van der Waals surface area contributed by atoms with E-state index in [0.29, 0.717) is 34.4 Å². The standard InChI is InChI=1S/C27H28N2O8/c1-16(30)37-26(19-8-6-7-9-20(19)31)25(28-17-10-12-21(33-2)23(14-17)35-4)27(32)29-18-11-13-22(34-3)24(15-18)36-5/h6-15,26,31H,1-5H3,(H,29,32)/t26-/m0/s1. The number of aliphatic imine (C=N–C) groups is 1. The number of anilines is 1. The molecule has 3 rings (SSSR count). The molecule has 0 aromatic heterocycles. The van der Waals surface area contributed by atoms with Crippen molar-refractivity contribution in [2.75, 3.05) is 33.8 Å². The van der Waals surface area contributed by atoms with E-state index in [1.807, 2.05) is 0 Å². The summed E-state index contributed by atoms with van der Waals surface area (Å²) < 4.78 is 26.7. The van der Waals surface area contributed by atoms with Crippen LogP contribution >= 0.6 is 0 Å². The zero-order valence-corrected chi connectivity index (χ0v) is 21.1. The molecule has 0 saturated heterocycles. The Labute approximate surface area is 214 Å². The van der Waals surface area contributed by atoms with Gasteiger partial charge < -0.3 is 34.1 Å². The number of aromatic hydroxyl groups is 1. The fourth-order valence-corrected chi connectivity index (χ4v) is 3.51. The number of methoxy groups -OCH3 is 4. The molecule has 0 radical (unpaired) electrons. The number of carbonyl (C=O) groups excluding carboxylic acids is 2. The Morgan fingerprint density at radius 1 is 0.811 bits per heavy atom. The molecule has 37 heavy (non-hydrogen) atoms. The van der Waals surface area contributed by atoms with Crippen molar-refractivity contribution in [1.82, 2.24) is 0 Å². The third-order valence-electron chi connectivity index (χ3n) is 5.24. The normalized spacial score (nSPS) is 11.8. The molecule has 0 unspecified atom stereocenters. The van der Waals surface area contributed by atoms with Crippen molar-refractivity contribution in [2.24, 2.45) is 4.99 Å². The summed E-state index contributed by atoms with van der Waals surface area (Å²) in [5, 5.41) is 13.3. The molecule has 0 fully saturated rings. The molecule has 1 atom stereocenters. The quantitative estimate of drug-likeness (QED) is 0.304. The fraction of sp³-hybridized carbons (Fsp3) is 0.222. The lowest BCUT2D eigenvalue weighted by Gasteiger charge is -2.21. The molecule has 0 aliphatic rings. The Morgan fingerprint density at radius 3 is 2.00 bits per heavy atom. The first kappa shape index (κ1) is 26.9. The second-order valence-electron chi connectivity index (χ2n) is 7.61. The molecular weight excluding hydrogens is 480 g/mol. The van der Waals surface area contributed by atoms with Gasteiger partial charge in [-0.05, 0) is 30.3 Å². The van der Waals surface area contributed by atoms with Crippen molar-refractivity contribution in [1.29, 1.82) is 0 Å². The van der Waals surface area contributed by atoms with Crippen molar-refractivity contribution in [3.63, 3.8) is 0 Å². The lowest BCUT2D eigenvalue weighted by molar-refractivity contribution is -0.143. The summed E-state index contributed by atoms with van der Waals surface area (Å²) >= 11 is 0. The van der Waals surface area contributed by atoms with Crippen LogP contribution in [0.2, 0.25) is 0 Å². The minimum absolute atomic E-state index is 0.173. The van der Waals surface area contributed by atoms with E-state index in [1.165, 1.54) is 47.5 Å². The van der Waals surface area contributed by atoms with Gasteiger partial charge in [-0.15, -0.1) is 0 Å². The Bertz CT molecular complexity index is 1310. The minimum atomic E-state index is -1.33. The average molecular weight is 509 g/mol. The zero-order chi connectivity index (χ0) is 26.9. The van der Waals surface area contributed by atoms with Gasteiger partial charge in [0.15, 0.2) is 34.8 Å². The maximum Gasteiger partial charge on any atom is 0.303 e. The molecule has 0 saturated carbocycles. The lowest BCUT2D eigenvalue weighted by Crippen LogP contribution is -2.31. The molecule has 194 valence electrons. The number of esters is 1. The molecule has 0 aliphatic carbocycles. The summed E-state index contributed by atoms with van der Waals surface area (Å²) in [6.07, 6.45) is -1.33. The van der Waals surface area contributed by atoms with E-state index in [-0.39, 0.29) is 17.0 Å². The van der Waals surface area contributed by atoms with Crippen molar-refractivity contribution >= 4 is 29.0 Å². The number of para-hydroxylation sites is 1. The van der Waals surface area contributed by atoms with Crippen LogP contribution in [0.4, 0.5) is 11.4 Å². The largest absolute Gasteiger partial charge is 0.508 e. The second-order valence-corrected chi connectivity index (χ2v) is 7.61. The topological polar surface area (TPSA) is 125 Å². The van der Waals surface area contributed by atoms with Crippen molar-refractivity contribution < 1.29 is 38.4 Å². The predicted molar refractivity (Wildman–Crippen MR) is 137 cm³/mol. The van der Waals surface area contributed by atoms with Gasteiger partial charge in [-0.3, -0.25) is 9.59 Å². The van der Waals surface area contributed by atoms with Crippen LogP contribution in [-0.2, 0) is 14.3 Å². The highest BCUT2D eigenvalue weighted by Crippen LogP contribution is 2.34. The molecule has 2 N–H and O–H groups in total. The van der Waals surface area contributed by atoms with E-state index in [0.717, 1.165) is 0 Å². The van der Waals surface area contributed by atoms with Crippen LogP contribution in [0.1, 0.15) is 18.6 Å². The van der Waals surface area contributed by atoms with Crippen molar-refractivity contribution in [3.05, 3.63) is 66.2 Å². The number of ether oxygens (including phenoxy) is 5. The number of nitrogens with one attached hydrogen (secondary N) is 1. The Balaban J connectivity index is 2.14. The Kier molecular flexibility index (Phi) is 8.93. The maximum atomic E-state index is 13.6. The van der Waals surface area contributed by atoms with Crippen LogP contribution in [0.3, 0.4) is 0 Å². The van der Waals surface area contributed by atoms with E-state index < -0.39 is 18.0 Å². The first-order chi connectivity index (χ1) is 17.8. The highest BCUT2D eigenvalue weighted by atomic mass is 16.5. The van der Waals surface area contributed by atoms with Crippen molar-refractivity contribution in [3.8, 4) is 28.7 Å². The van der Waals surface area contributed by atoms with Gasteiger partial charge in [0.25, 0.3) is 5.91 Å². The summed E-state index contributed by atoms with van der Waals surface area (Å²) in [5.41, 5.74) is 0.683. The van der Waals surface area contributed by atoms with Crippen LogP contribution in [0.15, 0.2) is 65.7 Å². The molecule has 10 heteroatoms. The summed E-state index contributed by atoms with van der Waals surface area (Å²) in [6.45, 7) is 1.20. The molecular formula is C27H28N2O8. The monoisotopic (exact) mass is 508 g/mol. The average Bonchev–Trinajstić information content (AvgIpc) is 2.90. The summed E-state index contributed by atoms with van der Waals surface area (Å²) in [7, 11) is 5.94. The van der Waals surface area contributed by atoms with Crippen LogP contribution in [0.25, 0.3) is 0 Å². The van der Waals surface area contributed by atoms with Gasteiger partial charge >= 0.3 is 5.97 Å². The second kappa shape index (κ2) is 12.3. The van der Waals surface area contributed by atoms with Crippen LogP contribution in [0.5, 0.6) is 28.7 Å². The van der Waals surface area contributed by atoms with E-state index >= 15 is 0 Å². The first-order valence-corrected chi connectivity index (χ1v) is 11.1. The number of hydrogen-bond acceptors (Lipinski definition) is 9. The third kappa shape index (κ3) is 6.49. The SMILES string of the molecule is COc1ccc(N=C(C(=O)Nc2ccc(OC)c(OC)c2)[C@@H](OC(C)=O)c2ccccc2O)cc1OC. The summed E-state index contributed by atoms with van der Waals surface area (Å²) in [6, 6.07) is 15.8. The minimum Gasteiger partial charge on any atom is -0.508 e. The van der Waals surface area contributed by atoms with E-state index in [9.17, 15) is 14.7 Å². The van der Waals surface area contributed by atoms with E-state index in [1.54, 1.807) is 48.5 Å². The first-order valence-electron chi connectivity index (χ1n) is 11.1. The number of phenols is 1. The summed E-state index contributed by atoms with van der Waals surface area (Å²) in [5.74, 6) is 0.198. The Morgan fingerprint density at radius 2 is 1.41 bits per heavy atom. The molecule has 3 aromatic carbocycles. The number of phenolic OH excluding ortho intramolecular Hbond substituents is 1. The van der Waals surface area contributed by atoms with Crippen LogP contribution in [0, 0.1) is 0 Å². The van der Waals surface area contributed by atoms with Gasteiger partial charge in [-0.2, -0.15) is 0 Å². The number of rotatable bonds is 10. The molecule has 1 amide bonds. The van der Waals surface area contributed by atoms with Gasteiger partial charge in [0.1, 0.15) is 5.75 Å². The third-order valence-corrected chi connectivity index (χ3v) is 5.24. The fourth-order valence-electron chi connectivity index (χ4n) is 3.51. The number of amides is 1. The molecule has 3 aromatic rings. The van der Waals surface area contributed by atoms with Gasteiger partial charge in [-0.25, -0.2) is 4.99 Å². The van der Waals surface area contributed by atoms with Crippen LogP contribution < -0.4 is 24.3 Å². The number of hydrogen-bond donors (Lipinski definition) is 2. The van der Waals surface area contributed by atoms with Gasteiger partial charge in [-0.1, -0.05) is 18.2 Å². The lowest BCUT2D eigenvalue weighted by atomic mass is 10.0. The van der Waals surface area contributed by atoms with Gasteiger partial charge in [0.05, 0.1) is 34.1 Å². The van der Waals surface area contributed by atoms with E-state index in [4.69, 9.17) is 23.7 Å². The summed E-state index contributed by atoms with van der Waals surface area (Å²) in [4.78, 5) is 30.2. The van der Waals surface area contributed by atoms with Crippen LogP contribution in [-0.4, -0.2) is 51.1 Å². The number of benzene rings is 3. The van der Waals surface area contributed by atoms with Crippen molar-refractivity contribution in [2.45, 2.75) is 13.0 Å². The molecule has 10 nitrogen and oxygen atoms in total. The Hall–Kier alpha value is -4.73. The number of nitrogens with zero attached hydrogens (tertiary/aromatic N) is 1. The zero-order valence-electron chi connectivity index (χ0n) is 21.1. The molecule has 0 spiro atoms. The highest BCUT2D eigenvalue weighted by molar-refractivity contribution is 6.45. The van der Waals surface area contributed by atoms with Gasteiger partial charge in [0, 0.05) is 30.3 Å². The highest BCUT2D eigenvalue weighted by Gasteiger charge is 2.30. The predicted octanol–water partition coefficient (Wildman–Crippen LogP) is 4.44. The smallest absolute Gasteiger partial charge is 0.303 e. The maximum absolute atomic E-state index is 13.6. The van der Waals surface area contributed by atoms with Gasteiger partial charge in [0.2, 0.25) is 0 Å². The molecule has 0 bridgehead atoms. The van der Waals surface area contributed by atoms with E-state index in [2.05, 4.69) is 10.3 Å². The number of carbonyl (C=O) groups is 2.